The fourth-order valence-corrected chi connectivity index (χ4v) is 5.79. The highest BCUT2D eigenvalue weighted by atomic mass is 15.1. The molecular formula is C40H32N2. The molecule has 0 spiro atoms. The Morgan fingerprint density at radius 2 is 1.02 bits per heavy atom. The third-order valence-corrected chi connectivity index (χ3v) is 7.93. The molecule has 1 heterocycles. The highest BCUT2D eigenvalue weighted by molar-refractivity contribution is 6.11. The molecule has 7 rings (SSSR count). The van der Waals surface area contributed by atoms with E-state index in [1.165, 1.54) is 44.2 Å². The van der Waals surface area contributed by atoms with Crippen LogP contribution in [0.15, 0.2) is 152 Å². The molecule has 1 aromatic heterocycles. The monoisotopic (exact) mass is 540 g/mol. The fourth-order valence-electron chi connectivity index (χ4n) is 5.79. The summed E-state index contributed by atoms with van der Waals surface area (Å²) < 4.78 is 2.38. The van der Waals surface area contributed by atoms with Crippen LogP contribution in [0.5, 0.6) is 0 Å². The molecule has 0 saturated carbocycles. The number of fused-ring (bicyclic) bond motifs is 3. The van der Waals surface area contributed by atoms with Gasteiger partial charge in [0.05, 0.1) is 11.0 Å². The van der Waals surface area contributed by atoms with Crippen molar-refractivity contribution in [3.8, 4) is 5.69 Å². The van der Waals surface area contributed by atoms with Crippen molar-refractivity contribution in [2.75, 3.05) is 4.90 Å². The average Bonchev–Trinajstić information content (AvgIpc) is 3.39. The van der Waals surface area contributed by atoms with Crippen LogP contribution in [-0.4, -0.2) is 4.57 Å². The minimum absolute atomic E-state index is 1.01. The lowest BCUT2D eigenvalue weighted by Gasteiger charge is -2.25. The van der Waals surface area contributed by atoms with Crippen LogP contribution in [0.25, 0.3) is 39.6 Å². The summed E-state index contributed by atoms with van der Waals surface area (Å²) in [5.74, 6) is 0. The molecule has 0 aliphatic rings. The molecule has 0 bridgehead atoms. The second kappa shape index (κ2) is 11.3. The number of aromatic nitrogens is 1. The van der Waals surface area contributed by atoms with Crippen LogP contribution in [0.3, 0.4) is 0 Å². The van der Waals surface area contributed by atoms with Gasteiger partial charge in [-0.3, -0.25) is 0 Å². The standard InChI is InChI=1S/C40H32N2/c1-2-30-22-26-39-37(28-30)38-29-36(25-27-40(38)42(39)34-16-10-5-11-17-34)41(33-14-8-4-9-15-33)35-23-20-32(21-24-35)19-18-31-12-6-3-7-13-31/h3-29H,2H2,1H3/b19-18+. The van der Waals surface area contributed by atoms with Crippen LogP contribution in [0, 0.1) is 0 Å². The lowest BCUT2D eigenvalue weighted by atomic mass is 10.1. The van der Waals surface area contributed by atoms with E-state index in [4.69, 9.17) is 0 Å². The molecule has 0 saturated heterocycles. The van der Waals surface area contributed by atoms with E-state index in [1.807, 2.05) is 6.07 Å². The zero-order chi connectivity index (χ0) is 28.3. The van der Waals surface area contributed by atoms with Gasteiger partial charge in [0, 0.05) is 33.5 Å². The highest BCUT2D eigenvalue weighted by Crippen LogP contribution is 2.40. The fraction of sp³-hybridized carbons (Fsp3) is 0.0500. The van der Waals surface area contributed by atoms with Gasteiger partial charge in [-0.1, -0.05) is 104 Å². The highest BCUT2D eigenvalue weighted by Gasteiger charge is 2.17. The molecule has 202 valence electrons. The summed E-state index contributed by atoms with van der Waals surface area (Å²) in [6.07, 6.45) is 5.33. The molecule has 6 aromatic carbocycles. The second-order valence-electron chi connectivity index (χ2n) is 10.6. The molecule has 2 heteroatoms. The number of nitrogens with zero attached hydrogens (tertiary/aromatic N) is 2. The van der Waals surface area contributed by atoms with Crippen molar-refractivity contribution in [1.82, 2.24) is 4.57 Å². The molecule has 0 fully saturated rings. The number of aryl methyl sites for hydroxylation is 1. The topological polar surface area (TPSA) is 8.17 Å². The van der Waals surface area contributed by atoms with Crippen molar-refractivity contribution in [3.05, 3.63) is 168 Å². The van der Waals surface area contributed by atoms with Crippen molar-refractivity contribution in [1.29, 1.82) is 0 Å². The average molecular weight is 541 g/mol. The Bertz CT molecular complexity index is 1980. The van der Waals surface area contributed by atoms with Gasteiger partial charge in [0.15, 0.2) is 0 Å². The first-order chi connectivity index (χ1) is 20.8. The van der Waals surface area contributed by atoms with Crippen LogP contribution in [-0.2, 0) is 6.42 Å². The van der Waals surface area contributed by atoms with Crippen molar-refractivity contribution >= 4 is 51.0 Å². The summed E-state index contributed by atoms with van der Waals surface area (Å²) >= 11 is 0. The molecule has 0 atom stereocenters. The first-order valence-corrected chi connectivity index (χ1v) is 14.6. The minimum Gasteiger partial charge on any atom is -0.310 e. The zero-order valence-electron chi connectivity index (χ0n) is 23.7. The van der Waals surface area contributed by atoms with Crippen LogP contribution >= 0.6 is 0 Å². The first kappa shape index (κ1) is 25.6. The van der Waals surface area contributed by atoms with E-state index >= 15 is 0 Å². The van der Waals surface area contributed by atoms with Gasteiger partial charge in [-0.2, -0.15) is 0 Å². The number of hydrogen-bond acceptors (Lipinski definition) is 1. The summed E-state index contributed by atoms with van der Waals surface area (Å²) in [5.41, 5.74) is 10.7. The van der Waals surface area contributed by atoms with E-state index in [0.717, 1.165) is 23.5 Å². The summed E-state index contributed by atoms with van der Waals surface area (Å²) in [6, 6.07) is 54.3. The van der Waals surface area contributed by atoms with Gasteiger partial charge < -0.3 is 9.47 Å². The smallest absolute Gasteiger partial charge is 0.0542 e. The molecule has 42 heavy (non-hydrogen) atoms. The second-order valence-corrected chi connectivity index (χ2v) is 10.6. The summed E-state index contributed by atoms with van der Waals surface area (Å²) in [5, 5.41) is 2.54. The molecule has 0 radical (unpaired) electrons. The van der Waals surface area contributed by atoms with Crippen LogP contribution in [0.4, 0.5) is 17.1 Å². The van der Waals surface area contributed by atoms with Gasteiger partial charge in [0.25, 0.3) is 0 Å². The lowest BCUT2D eigenvalue weighted by Crippen LogP contribution is -2.09. The third-order valence-electron chi connectivity index (χ3n) is 7.93. The zero-order valence-corrected chi connectivity index (χ0v) is 23.7. The van der Waals surface area contributed by atoms with Gasteiger partial charge in [0.2, 0.25) is 0 Å². The molecule has 0 aliphatic heterocycles. The van der Waals surface area contributed by atoms with Gasteiger partial charge in [-0.25, -0.2) is 0 Å². The van der Waals surface area contributed by atoms with Gasteiger partial charge in [0.1, 0.15) is 0 Å². The van der Waals surface area contributed by atoms with E-state index in [-0.39, 0.29) is 0 Å². The normalized spacial score (nSPS) is 11.5. The Labute approximate surface area is 247 Å². The Balaban J connectivity index is 1.36. The number of rotatable bonds is 7. The molecule has 0 unspecified atom stereocenters. The van der Waals surface area contributed by atoms with Crippen LogP contribution in [0.2, 0.25) is 0 Å². The SMILES string of the molecule is CCc1ccc2c(c1)c1cc(N(c3ccccc3)c3ccc(/C=C/c4ccccc4)cc3)ccc1n2-c1ccccc1. The molecule has 0 N–H and O–H groups in total. The Kier molecular flexibility index (Phi) is 6.87. The number of para-hydroxylation sites is 2. The maximum atomic E-state index is 2.38. The minimum atomic E-state index is 1.01. The van der Waals surface area contributed by atoms with Crippen molar-refractivity contribution < 1.29 is 0 Å². The summed E-state index contributed by atoms with van der Waals surface area (Å²) in [7, 11) is 0. The van der Waals surface area contributed by atoms with Crippen molar-refractivity contribution in [2.45, 2.75) is 13.3 Å². The quantitative estimate of drug-likeness (QED) is 0.183. The predicted molar refractivity (Wildman–Crippen MR) is 180 cm³/mol. The summed E-state index contributed by atoms with van der Waals surface area (Å²) in [6.45, 7) is 2.22. The lowest BCUT2D eigenvalue weighted by molar-refractivity contribution is 1.14. The Hall–Kier alpha value is -5.34. The molecule has 7 aromatic rings. The Morgan fingerprint density at radius 3 is 1.69 bits per heavy atom. The first-order valence-electron chi connectivity index (χ1n) is 14.6. The molecule has 0 aliphatic carbocycles. The molecular weight excluding hydrogens is 508 g/mol. The van der Waals surface area contributed by atoms with Gasteiger partial charge in [-0.05, 0) is 89.8 Å². The van der Waals surface area contributed by atoms with Crippen LogP contribution < -0.4 is 4.90 Å². The third kappa shape index (κ3) is 4.88. The number of anilines is 3. The number of hydrogen-bond donors (Lipinski definition) is 0. The van der Waals surface area contributed by atoms with E-state index in [2.05, 4.69) is 174 Å². The largest absolute Gasteiger partial charge is 0.310 e. The van der Waals surface area contributed by atoms with Gasteiger partial charge >= 0.3 is 0 Å². The summed E-state index contributed by atoms with van der Waals surface area (Å²) in [4.78, 5) is 2.35. The molecule has 0 amide bonds. The Morgan fingerprint density at radius 1 is 0.500 bits per heavy atom. The van der Waals surface area contributed by atoms with Gasteiger partial charge in [-0.15, -0.1) is 0 Å². The van der Waals surface area contributed by atoms with Crippen molar-refractivity contribution in [3.63, 3.8) is 0 Å². The van der Waals surface area contributed by atoms with E-state index in [9.17, 15) is 0 Å². The maximum absolute atomic E-state index is 2.38. The van der Waals surface area contributed by atoms with Crippen molar-refractivity contribution in [2.24, 2.45) is 0 Å². The number of benzene rings is 6. The van der Waals surface area contributed by atoms with E-state index in [0.29, 0.717) is 0 Å². The molecule has 2 nitrogen and oxygen atoms in total. The predicted octanol–water partition coefficient (Wildman–Crippen LogP) is 11.0. The maximum Gasteiger partial charge on any atom is 0.0542 e. The van der Waals surface area contributed by atoms with E-state index in [1.54, 1.807) is 0 Å². The van der Waals surface area contributed by atoms with Crippen LogP contribution in [0.1, 0.15) is 23.6 Å². The van der Waals surface area contributed by atoms with E-state index < -0.39 is 0 Å².